The highest BCUT2D eigenvalue weighted by Gasteiger charge is 2.16. The van der Waals surface area contributed by atoms with E-state index in [1.165, 1.54) is 20.2 Å². The van der Waals surface area contributed by atoms with Crippen LogP contribution in [0.25, 0.3) is 0 Å². The molecule has 0 aliphatic heterocycles. The van der Waals surface area contributed by atoms with E-state index in [1.807, 2.05) is 0 Å². The molecule has 7 nitrogen and oxygen atoms in total. The molecular formula is C17H20N2O5S. The minimum atomic E-state index is -3.60. The Kier molecular flexibility index (Phi) is 6.00. The molecule has 0 aromatic heterocycles. The standard InChI is InChI=1S/C17H20N2O5S/c1-12-8-9-13(10-16(12)25(21,22)18-2)19-17(20)11-24-15-7-5-4-6-14(15)23-3/h4-10,18H,11H2,1-3H3,(H,19,20). The number of carbonyl (C=O) groups excluding carboxylic acids is 1. The average molecular weight is 364 g/mol. The summed E-state index contributed by atoms with van der Waals surface area (Å²) in [6.07, 6.45) is 0. The molecule has 0 bridgehead atoms. The van der Waals surface area contributed by atoms with E-state index in [9.17, 15) is 13.2 Å². The third-order valence-corrected chi connectivity index (χ3v) is 5.01. The van der Waals surface area contributed by atoms with E-state index in [1.54, 1.807) is 43.3 Å². The first kappa shape index (κ1) is 18.8. The number of methoxy groups -OCH3 is 1. The maximum absolute atomic E-state index is 12.1. The second kappa shape index (κ2) is 8.00. The number of sulfonamides is 1. The van der Waals surface area contributed by atoms with Crippen molar-refractivity contribution in [2.24, 2.45) is 0 Å². The van der Waals surface area contributed by atoms with E-state index in [-0.39, 0.29) is 11.5 Å². The lowest BCUT2D eigenvalue weighted by atomic mass is 10.2. The Morgan fingerprint density at radius 2 is 1.80 bits per heavy atom. The summed E-state index contributed by atoms with van der Waals surface area (Å²) in [5, 5.41) is 2.62. The Bertz CT molecular complexity index is 865. The van der Waals surface area contributed by atoms with E-state index in [4.69, 9.17) is 9.47 Å². The molecule has 8 heteroatoms. The van der Waals surface area contributed by atoms with Crippen LogP contribution < -0.4 is 19.5 Å². The zero-order chi connectivity index (χ0) is 18.4. The van der Waals surface area contributed by atoms with E-state index in [2.05, 4.69) is 10.0 Å². The van der Waals surface area contributed by atoms with Gasteiger partial charge in [-0.15, -0.1) is 0 Å². The van der Waals surface area contributed by atoms with Crippen LogP contribution in [0.1, 0.15) is 5.56 Å². The van der Waals surface area contributed by atoms with Crippen LogP contribution in [0.15, 0.2) is 47.4 Å². The fourth-order valence-electron chi connectivity index (χ4n) is 2.16. The Balaban J connectivity index is 2.07. The molecule has 0 aliphatic rings. The number of anilines is 1. The monoisotopic (exact) mass is 364 g/mol. The van der Waals surface area contributed by atoms with Gasteiger partial charge in [-0.2, -0.15) is 0 Å². The van der Waals surface area contributed by atoms with Gasteiger partial charge in [0.25, 0.3) is 5.91 Å². The van der Waals surface area contributed by atoms with Crippen LogP contribution in [0, 0.1) is 6.92 Å². The number of ether oxygens (including phenoxy) is 2. The molecule has 134 valence electrons. The molecule has 0 unspecified atom stereocenters. The van der Waals surface area contributed by atoms with Crippen molar-refractivity contribution < 1.29 is 22.7 Å². The van der Waals surface area contributed by atoms with Gasteiger partial charge in [-0.3, -0.25) is 4.79 Å². The fourth-order valence-corrected chi connectivity index (χ4v) is 3.15. The minimum absolute atomic E-state index is 0.110. The van der Waals surface area contributed by atoms with E-state index in [0.717, 1.165) is 0 Å². The second-order valence-electron chi connectivity index (χ2n) is 5.18. The molecule has 2 N–H and O–H groups in total. The molecule has 0 fully saturated rings. The Hall–Kier alpha value is -2.58. The van der Waals surface area contributed by atoms with Gasteiger partial charge < -0.3 is 14.8 Å². The lowest BCUT2D eigenvalue weighted by Crippen LogP contribution is -2.22. The molecule has 0 heterocycles. The largest absolute Gasteiger partial charge is 0.493 e. The third-order valence-electron chi connectivity index (χ3n) is 3.46. The summed E-state index contributed by atoms with van der Waals surface area (Å²) in [6, 6.07) is 11.6. The van der Waals surface area contributed by atoms with Crippen LogP contribution in [-0.2, 0) is 14.8 Å². The van der Waals surface area contributed by atoms with E-state index >= 15 is 0 Å². The number of para-hydroxylation sites is 2. The molecule has 2 aromatic rings. The molecule has 0 atom stereocenters. The highest BCUT2D eigenvalue weighted by molar-refractivity contribution is 7.89. The molecule has 25 heavy (non-hydrogen) atoms. The number of rotatable bonds is 7. The zero-order valence-corrected chi connectivity index (χ0v) is 15.0. The van der Waals surface area contributed by atoms with Gasteiger partial charge in [-0.1, -0.05) is 18.2 Å². The molecule has 1 amide bonds. The van der Waals surface area contributed by atoms with Gasteiger partial charge in [0.05, 0.1) is 12.0 Å². The first-order valence-electron chi connectivity index (χ1n) is 7.47. The summed E-state index contributed by atoms with van der Waals surface area (Å²) in [7, 11) is -0.754. The maximum atomic E-state index is 12.1. The van der Waals surface area contributed by atoms with Crippen molar-refractivity contribution in [3.63, 3.8) is 0 Å². The Morgan fingerprint density at radius 3 is 2.44 bits per heavy atom. The summed E-state index contributed by atoms with van der Waals surface area (Å²) in [6.45, 7) is 1.45. The first-order valence-corrected chi connectivity index (χ1v) is 8.95. The first-order chi connectivity index (χ1) is 11.9. The summed E-state index contributed by atoms with van der Waals surface area (Å²) in [4.78, 5) is 12.2. The van der Waals surface area contributed by atoms with Gasteiger partial charge in [0, 0.05) is 5.69 Å². The second-order valence-corrected chi connectivity index (χ2v) is 7.03. The molecule has 0 radical (unpaired) electrons. The number of nitrogens with one attached hydrogen (secondary N) is 2. The zero-order valence-electron chi connectivity index (χ0n) is 14.2. The van der Waals surface area contributed by atoms with Crippen LogP contribution in [0.3, 0.4) is 0 Å². The van der Waals surface area contributed by atoms with E-state index in [0.29, 0.717) is 22.7 Å². The highest BCUT2D eigenvalue weighted by atomic mass is 32.2. The summed E-state index contributed by atoms with van der Waals surface area (Å²) >= 11 is 0. The fraction of sp³-hybridized carbons (Fsp3) is 0.235. The van der Waals surface area contributed by atoms with Gasteiger partial charge in [-0.05, 0) is 43.8 Å². The normalized spacial score (nSPS) is 11.0. The predicted octanol–water partition coefficient (Wildman–Crippen LogP) is 1.93. The molecule has 0 saturated carbocycles. The van der Waals surface area contributed by atoms with E-state index < -0.39 is 15.9 Å². The molecule has 2 rings (SSSR count). The van der Waals surface area contributed by atoms with Crippen molar-refractivity contribution in [1.82, 2.24) is 4.72 Å². The number of aryl methyl sites for hydroxylation is 1. The van der Waals surface area contributed by atoms with Gasteiger partial charge in [0.1, 0.15) is 0 Å². The van der Waals surface area contributed by atoms with Crippen LogP contribution in [0.2, 0.25) is 0 Å². The van der Waals surface area contributed by atoms with Crippen molar-refractivity contribution in [3.05, 3.63) is 48.0 Å². The van der Waals surface area contributed by atoms with Gasteiger partial charge >= 0.3 is 0 Å². The number of hydrogen-bond acceptors (Lipinski definition) is 5. The molecular weight excluding hydrogens is 344 g/mol. The van der Waals surface area contributed by atoms with Crippen LogP contribution >= 0.6 is 0 Å². The van der Waals surface area contributed by atoms with Crippen molar-refractivity contribution in [3.8, 4) is 11.5 Å². The van der Waals surface area contributed by atoms with Crippen LogP contribution in [0.4, 0.5) is 5.69 Å². The third kappa shape index (κ3) is 4.71. The number of carbonyl (C=O) groups is 1. The summed E-state index contributed by atoms with van der Waals surface area (Å²) in [5.74, 6) is 0.554. The van der Waals surface area contributed by atoms with Crippen LogP contribution in [0.5, 0.6) is 11.5 Å². The number of amides is 1. The SMILES string of the molecule is CNS(=O)(=O)c1cc(NC(=O)COc2ccccc2OC)ccc1C. The van der Waals surface area contributed by atoms with Crippen molar-refractivity contribution in [2.75, 3.05) is 26.1 Å². The number of hydrogen-bond donors (Lipinski definition) is 2. The number of benzene rings is 2. The average Bonchev–Trinajstić information content (AvgIpc) is 2.61. The lowest BCUT2D eigenvalue weighted by molar-refractivity contribution is -0.118. The molecule has 2 aromatic carbocycles. The Morgan fingerprint density at radius 1 is 1.12 bits per heavy atom. The van der Waals surface area contributed by atoms with Crippen molar-refractivity contribution in [1.29, 1.82) is 0 Å². The topological polar surface area (TPSA) is 93.7 Å². The smallest absolute Gasteiger partial charge is 0.262 e. The quantitative estimate of drug-likeness (QED) is 0.783. The minimum Gasteiger partial charge on any atom is -0.493 e. The maximum Gasteiger partial charge on any atom is 0.262 e. The summed E-state index contributed by atoms with van der Waals surface area (Å²) < 4.78 is 36.8. The lowest BCUT2D eigenvalue weighted by Gasteiger charge is -2.12. The van der Waals surface area contributed by atoms with Gasteiger partial charge in [0.2, 0.25) is 10.0 Å². The van der Waals surface area contributed by atoms with Gasteiger partial charge in [-0.25, -0.2) is 13.1 Å². The van der Waals surface area contributed by atoms with Gasteiger partial charge in [0.15, 0.2) is 18.1 Å². The predicted molar refractivity (Wildman–Crippen MR) is 94.5 cm³/mol. The van der Waals surface area contributed by atoms with Crippen molar-refractivity contribution >= 4 is 21.6 Å². The van der Waals surface area contributed by atoms with Crippen molar-refractivity contribution in [2.45, 2.75) is 11.8 Å². The van der Waals surface area contributed by atoms with Crippen LogP contribution in [-0.4, -0.2) is 35.1 Å². The molecule has 0 aliphatic carbocycles. The highest BCUT2D eigenvalue weighted by Crippen LogP contribution is 2.25. The molecule has 0 spiro atoms. The Labute approximate surface area is 147 Å². The summed E-state index contributed by atoms with van der Waals surface area (Å²) in [5.41, 5.74) is 0.950. The molecule has 0 saturated heterocycles.